The second-order valence-corrected chi connectivity index (χ2v) is 3.12. The van der Waals surface area contributed by atoms with Gasteiger partial charge in [-0.15, -0.1) is 0 Å². The van der Waals surface area contributed by atoms with Crippen LogP contribution in [0, 0.1) is 0 Å². The topological polar surface area (TPSA) is 46.5 Å². The Morgan fingerprint density at radius 2 is 1.82 bits per heavy atom. The Kier molecular flexibility index (Phi) is 3.77. The molecular formula is C11H9F3O3. The van der Waals surface area contributed by atoms with E-state index in [1.165, 1.54) is 31.4 Å². The Bertz CT molecular complexity index is 432. The maximum Gasteiger partial charge on any atom is 0.448 e. The number of aliphatic hydroxyl groups excluding tert-OH is 1. The number of carbonyl (C=O) groups is 1. The summed E-state index contributed by atoms with van der Waals surface area (Å²) < 4.78 is 40.7. The van der Waals surface area contributed by atoms with Gasteiger partial charge in [0.15, 0.2) is 5.78 Å². The minimum absolute atomic E-state index is 0.0293. The fourth-order valence-corrected chi connectivity index (χ4v) is 1.04. The monoisotopic (exact) mass is 246 g/mol. The van der Waals surface area contributed by atoms with Gasteiger partial charge < -0.3 is 9.84 Å². The zero-order valence-electron chi connectivity index (χ0n) is 8.78. The first-order valence-electron chi connectivity index (χ1n) is 4.51. The van der Waals surface area contributed by atoms with E-state index in [9.17, 15) is 18.0 Å². The van der Waals surface area contributed by atoms with Gasteiger partial charge in [0.25, 0.3) is 0 Å². The van der Waals surface area contributed by atoms with E-state index in [1.54, 1.807) is 0 Å². The summed E-state index contributed by atoms with van der Waals surface area (Å²) in [5.74, 6) is -2.37. The molecule has 1 rings (SSSR count). The van der Waals surface area contributed by atoms with E-state index in [0.29, 0.717) is 5.75 Å². The number of ether oxygens (including phenoxy) is 1. The van der Waals surface area contributed by atoms with Crippen molar-refractivity contribution in [3.05, 3.63) is 41.7 Å². The smallest absolute Gasteiger partial charge is 0.448 e. The molecule has 0 radical (unpaired) electrons. The van der Waals surface area contributed by atoms with Crippen molar-refractivity contribution in [2.24, 2.45) is 0 Å². The lowest BCUT2D eigenvalue weighted by molar-refractivity contribution is -0.120. The van der Waals surface area contributed by atoms with Crippen molar-refractivity contribution in [3.63, 3.8) is 0 Å². The fourth-order valence-electron chi connectivity index (χ4n) is 1.04. The molecule has 0 aliphatic carbocycles. The summed E-state index contributed by atoms with van der Waals surface area (Å²) in [6.45, 7) is 0. The number of benzene rings is 1. The lowest BCUT2D eigenvalue weighted by Crippen LogP contribution is -2.13. The van der Waals surface area contributed by atoms with Gasteiger partial charge in [0.05, 0.1) is 7.11 Å². The molecule has 0 spiro atoms. The molecule has 1 aromatic carbocycles. The van der Waals surface area contributed by atoms with Gasteiger partial charge >= 0.3 is 6.18 Å². The molecule has 0 aromatic heterocycles. The average molecular weight is 246 g/mol. The first-order valence-corrected chi connectivity index (χ1v) is 4.51. The van der Waals surface area contributed by atoms with E-state index in [0.717, 1.165) is 0 Å². The van der Waals surface area contributed by atoms with Crippen LogP contribution < -0.4 is 4.74 Å². The zero-order chi connectivity index (χ0) is 13.1. The van der Waals surface area contributed by atoms with Crippen LogP contribution in [-0.4, -0.2) is 24.2 Å². The van der Waals surface area contributed by atoms with Crippen LogP contribution in [0.15, 0.2) is 36.1 Å². The van der Waals surface area contributed by atoms with E-state index < -0.39 is 17.7 Å². The molecule has 17 heavy (non-hydrogen) atoms. The summed E-state index contributed by atoms with van der Waals surface area (Å²) in [7, 11) is 1.42. The summed E-state index contributed by atoms with van der Waals surface area (Å²) >= 11 is 0. The molecule has 0 saturated heterocycles. The van der Waals surface area contributed by atoms with Gasteiger partial charge in [-0.25, -0.2) is 0 Å². The number of alkyl halides is 3. The quantitative estimate of drug-likeness (QED) is 0.506. The third-order valence-corrected chi connectivity index (χ3v) is 1.93. The number of allylic oxidation sites excluding steroid dienone is 2. The summed E-state index contributed by atoms with van der Waals surface area (Å²) in [6.07, 6.45) is -4.77. The van der Waals surface area contributed by atoms with E-state index in [-0.39, 0.29) is 11.6 Å². The first kappa shape index (κ1) is 13.1. The number of halogens is 3. The van der Waals surface area contributed by atoms with Gasteiger partial charge in [-0.2, -0.15) is 13.2 Å². The number of methoxy groups -OCH3 is 1. The van der Waals surface area contributed by atoms with Crippen LogP contribution >= 0.6 is 0 Å². The van der Waals surface area contributed by atoms with Crippen LogP contribution in [0.2, 0.25) is 0 Å². The van der Waals surface area contributed by atoms with Gasteiger partial charge in [-0.1, -0.05) is 0 Å². The number of aliphatic hydroxyl groups is 1. The second-order valence-electron chi connectivity index (χ2n) is 3.12. The summed E-state index contributed by atoms with van der Waals surface area (Å²) in [6, 6.07) is 5.49. The molecule has 0 bridgehead atoms. The van der Waals surface area contributed by atoms with Crippen LogP contribution in [-0.2, 0) is 0 Å². The molecule has 3 nitrogen and oxygen atoms in total. The lowest BCUT2D eigenvalue weighted by atomic mass is 10.1. The SMILES string of the molecule is COc1ccc(C(=O)/C=C(\O)C(F)(F)F)cc1. The molecule has 0 atom stereocenters. The summed E-state index contributed by atoms with van der Waals surface area (Å²) in [5, 5.41) is 8.61. The summed E-state index contributed by atoms with van der Waals surface area (Å²) in [4.78, 5) is 11.3. The van der Waals surface area contributed by atoms with Crippen LogP contribution in [0.3, 0.4) is 0 Å². The third-order valence-electron chi connectivity index (χ3n) is 1.93. The second kappa shape index (κ2) is 4.90. The minimum atomic E-state index is -4.91. The van der Waals surface area contributed by atoms with Gasteiger partial charge in [-0.05, 0) is 24.3 Å². The van der Waals surface area contributed by atoms with Gasteiger partial charge in [0.2, 0.25) is 5.76 Å². The number of carbonyl (C=O) groups excluding carboxylic acids is 1. The molecule has 6 heteroatoms. The molecule has 1 aromatic rings. The minimum Gasteiger partial charge on any atom is -0.504 e. The highest BCUT2D eigenvalue weighted by Crippen LogP contribution is 2.23. The number of hydrogen-bond donors (Lipinski definition) is 1. The van der Waals surface area contributed by atoms with Crippen LogP contribution in [0.5, 0.6) is 5.75 Å². The molecule has 0 unspecified atom stereocenters. The standard InChI is InChI=1S/C11H9F3O3/c1-17-8-4-2-7(3-5-8)9(15)6-10(16)11(12,13)14/h2-6,16H,1H3/b10-6-. The van der Waals surface area contributed by atoms with Crippen molar-refractivity contribution in [2.75, 3.05) is 7.11 Å². The van der Waals surface area contributed by atoms with Crippen LogP contribution in [0.25, 0.3) is 0 Å². The van der Waals surface area contributed by atoms with Crippen molar-refractivity contribution in [2.45, 2.75) is 6.18 Å². The van der Waals surface area contributed by atoms with Crippen molar-refractivity contribution < 1.29 is 27.8 Å². The van der Waals surface area contributed by atoms with Crippen molar-refractivity contribution in [3.8, 4) is 5.75 Å². The van der Waals surface area contributed by atoms with Gasteiger partial charge in [-0.3, -0.25) is 4.79 Å². The number of rotatable bonds is 3. The fraction of sp³-hybridized carbons (Fsp3) is 0.182. The highest BCUT2D eigenvalue weighted by molar-refractivity contribution is 6.04. The Morgan fingerprint density at radius 3 is 2.24 bits per heavy atom. The van der Waals surface area contributed by atoms with Crippen LogP contribution in [0.1, 0.15) is 10.4 Å². The Hall–Kier alpha value is -1.98. The molecular weight excluding hydrogens is 237 g/mol. The number of hydrogen-bond acceptors (Lipinski definition) is 3. The van der Waals surface area contributed by atoms with Gasteiger partial charge in [0, 0.05) is 11.6 Å². The molecule has 0 amide bonds. The molecule has 0 fully saturated rings. The maximum absolute atomic E-state index is 12.0. The normalized spacial score (nSPS) is 12.4. The molecule has 0 saturated carbocycles. The van der Waals surface area contributed by atoms with Gasteiger partial charge in [0.1, 0.15) is 5.75 Å². The van der Waals surface area contributed by atoms with E-state index in [1.807, 2.05) is 0 Å². The van der Waals surface area contributed by atoms with E-state index in [4.69, 9.17) is 9.84 Å². The highest BCUT2D eigenvalue weighted by Gasteiger charge is 2.34. The zero-order valence-corrected chi connectivity index (χ0v) is 8.78. The maximum atomic E-state index is 12.0. The third kappa shape index (κ3) is 3.51. The Balaban J connectivity index is 2.90. The van der Waals surface area contributed by atoms with E-state index in [2.05, 4.69) is 0 Å². The Labute approximate surface area is 95.1 Å². The Morgan fingerprint density at radius 1 is 1.29 bits per heavy atom. The summed E-state index contributed by atoms with van der Waals surface area (Å²) in [5.41, 5.74) is 0.0293. The van der Waals surface area contributed by atoms with Crippen LogP contribution in [0.4, 0.5) is 13.2 Å². The predicted octanol–water partition coefficient (Wildman–Crippen LogP) is 2.88. The van der Waals surface area contributed by atoms with E-state index >= 15 is 0 Å². The molecule has 0 aliphatic rings. The molecule has 92 valence electrons. The first-order chi connectivity index (χ1) is 7.84. The molecule has 0 heterocycles. The van der Waals surface area contributed by atoms with Crippen molar-refractivity contribution in [1.29, 1.82) is 0 Å². The number of ketones is 1. The molecule has 0 aliphatic heterocycles. The van der Waals surface area contributed by atoms with Crippen molar-refractivity contribution in [1.82, 2.24) is 0 Å². The average Bonchev–Trinajstić information content (AvgIpc) is 2.27. The molecule has 1 N–H and O–H groups in total. The lowest BCUT2D eigenvalue weighted by Gasteiger charge is -2.04. The van der Waals surface area contributed by atoms with Crippen molar-refractivity contribution >= 4 is 5.78 Å². The predicted molar refractivity (Wildman–Crippen MR) is 54.1 cm³/mol. The highest BCUT2D eigenvalue weighted by atomic mass is 19.4. The largest absolute Gasteiger partial charge is 0.504 e.